The van der Waals surface area contributed by atoms with Crippen molar-refractivity contribution in [2.24, 2.45) is 0 Å². The van der Waals surface area contributed by atoms with Crippen molar-refractivity contribution in [1.29, 1.82) is 0 Å². The molecule has 3 heteroatoms. The van der Waals surface area contributed by atoms with E-state index in [1.54, 1.807) is 0 Å². The highest BCUT2D eigenvalue weighted by atomic mass is 16.5. The van der Waals surface area contributed by atoms with Gasteiger partial charge in [-0.15, -0.1) is 0 Å². The number of pyridine rings is 1. The molecule has 0 aliphatic heterocycles. The summed E-state index contributed by atoms with van der Waals surface area (Å²) in [5, 5.41) is 4.64. The lowest BCUT2D eigenvalue weighted by atomic mass is 10.1. The van der Waals surface area contributed by atoms with Crippen molar-refractivity contribution in [2.75, 3.05) is 19.8 Å². The topological polar surface area (TPSA) is 34.1 Å². The number of rotatable bonds is 7. The van der Waals surface area contributed by atoms with Crippen LogP contribution in [0, 0.1) is 6.92 Å². The molecule has 0 spiro atoms. The highest BCUT2D eigenvalue weighted by Gasteiger charge is 1.98. The number of hydrogen-bond donors (Lipinski definition) is 1. The first-order valence-corrected chi connectivity index (χ1v) is 6.94. The third kappa shape index (κ3) is 4.30. The van der Waals surface area contributed by atoms with Crippen LogP contribution in [-0.4, -0.2) is 24.7 Å². The number of nitrogens with one attached hydrogen (secondary N) is 1. The van der Waals surface area contributed by atoms with Gasteiger partial charge in [0.05, 0.1) is 5.52 Å². The lowest BCUT2D eigenvalue weighted by Gasteiger charge is -2.06. The van der Waals surface area contributed by atoms with Crippen molar-refractivity contribution in [3.63, 3.8) is 0 Å². The molecule has 0 radical (unpaired) electrons. The Kier molecular flexibility index (Phi) is 5.31. The summed E-state index contributed by atoms with van der Waals surface area (Å²) in [5.74, 6) is 0. The van der Waals surface area contributed by atoms with Crippen LogP contribution >= 0.6 is 0 Å². The van der Waals surface area contributed by atoms with E-state index in [2.05, 4.69) is 40.6 Å². The summed E-state index contributed by atoms with van der Waals surface area (Å²) in [5.41, 5.74) is 3.43. The van der Waals surface area contributed by atoms with Gasteiger partial charge in [0.25, 0.3) is 0 Å². The molecule has 0 bridgehead atoms. The highest BCUT2D eigenvalue weighted by Crippen LogP contribution is 2.14. The molecular formula is C16H22N2O. The SMILES string of the molecule is CCOCCCNCc1ccc2nc(C)ccc2c1. The van der Waals surface area contributed by atoms with E-state index in [0.717, 1.165) is 43.9 Å². The average molecular weight is 258 g/mol. The second kappa shape index (κ2) is 7.22. The molecule has 0 unspecified atom stereocenters. The second-order valence-corrected chi connectivity index (χ2v) is 4.71. The molecule has 102 valence electrons. The number of hydrogen-bond acceptors (Lipinski definition) is 3. The molecule has 0 saturated carbocycles. The number of aryl methyl sites for hydroxylation is 1. The lowest BCUT2D eigenvalue weighted by molar-refractivity contribution is 0.144. The monoisotopic (exact) mass is 258 g/mol. The summed E-state index contributed by atoms with van der Waals surface area (Å²) >= 11 is 0. The molecule has 1 heterocycles. The lowest BCUT2D eigenvalue weighted by Crippen LogP contribution is -2.16. The summed E-state index contributed by atoms with van der Waals surface area (Å²) in [4.78, 5) is 4.51. The van der Waals surface area contributed by atoms with Gasteiger partial charge in [-0.1, -0.05) is 12.1 Å². The molecule has 2 rings (SSSR count). The van der Waals surface area contributed by atoms with Crippen LogP contribution < -0.4 is 5.32 Å². The zero-order valence-corrected chi connectivity index (χ0v) is 11.8. The van der Waals surface area contributed by atoms with Crippen LogP contribution in [0.1, 0.15) is 24.6 Å². The first kappa shape index (κ1) is 14.0. The van der Waals surface area contributed by atoms with E-state index < -0.39 is 0 Å². The number of ether oxygens (including phenoxy) is 1. The molecule has 0 aliphatic carbocycles. The molecule has 2 aromatic rings. The standard InChI is InChI=1S/C16H22N2O/c1-3-19-10-4-9-17-12-14-6-8-16-15(11-14)7-5-13(2)18-16/h5-8,11,17H,3-4,9-10,12H2,1-2H3. The molecule has 3 nitrogen and oxygen atoms in total. The molecular weight excluding hydrogens is 236 g/mol. The molecule has 0 fully saturated rings. The van der Waals surface area contributed by atoms with Crippen LogP contribution in [0.15, 0.2) is 30.3 Å². The Hall–Kier alpha value is -1.45. The summed E-state index contributed by atoms with van der Waals surface area (Å²) in [6.07, 6.45) is 1.06. The van der Waals surface area contributed by atoms with Crippen LogP contribution in [0.25, 0.3) is 10.9 Å². The Bertz CT molecular complexity index is 525. The van der Waals surface area contributed by atoms with Crippen molar-refractivity contribution in [3.8, 4) is 0 Å². The minimum atomic E-state index is 0.803. The van der Waals surface area contributed by atoms with Crippen molar-refractivity contribution in [1.82, 2.24) is 10.3 Å². The van der Waals surface area contributed by atoms with Crippen molar-refractivity contribution < 1.29 is 4.74 Å². The molecule has 1 aromatic carbocycles. The minimum absolute atomic E-state index is 0.803. The Balaban J connectivity index is 1.86. The van der Waals surface area contributed by atoms with E-state index in [9.17, 15) is 0 Å². The van der Waals surface area contributed by atoms with E-state index in [4.69, 9.17) is 4.74 Å². The molecule has 0 saturated heterocycles. The average Bonchev–Trinajstić information content (AvgIpc) is 2.43. The van der Waals surface area contributed by atoms with Crippen LogP contribution in [0.5, 0.6) is 0 Å². The maximum Gasteiger partial charge on any atom is 0.0705 e. The molecule has 0 amide bonds. The number of benzene rings is 1. The Morgan fingerprint density at radius 3 is 2.95 bits per heavy atom. The minimum Gasteiger partial charge on any atom is -0.382 e. The van der Waals surface area contributed by atoms with Crippen molar-refractivity contribution in [2.45, 2.75) is 26.8 Å². The highest BCUT2D eigenvalue weighted by molar-refractivity contribution is 5.79. The van der Waals surface area contributed by atoms with Crippen molar-refractivity contribution in [3.05, 3.63) is 41.6 Å². The molecule has 19 heavy (non-hydrogen) atoms. The summed E-state index contributed by atoms with van der Waals surface area (Å²) in [7, 11) is 0. The number of nitrogens with zero attached hydrogens (tertiary/aromatic N) is 1. The first-order valence-electron chi connectivity index (χ1n) is 6.94. The van der Waals surface area contributed by atoms with Crippen LogP contribution in [0.4, 0.5) is 0 Å². The zero-order valence-electron chi connectivity index (χ0n) is 11.8. The van der Waals surface area contributed by atoms with Gasteiger partial charge in [0, 0.05) is 30.8 Å². The predicted octanol–water partition coefficient (Wildman–Crippen LogP) is 3.06. The largest absolute Gasteiger partial charge is 0.382 e. The van der Waals surface area contributed by atoms with E-state index in [1.165, 1.54) is 10.9 Å². The van der Waals surface area contributed by atoms with E-state index in [1.807, 2.05) is 13.8 Å². The smallest absolute Gasteiger partial charge is 0.0705 e. The van der Waals surface area contributed by atoms with Gasteiger partial charge in [0.2, 0.25) is 0 Å². The van der Waals surface area contributed by atoms with Gasteiger partial charge in [-0.3, -0.25) is 4.98 Å². The zero-order chi connectivity index (χ0) is 13.5. The summed E-state index contributed by atoms with van der Waals surface area (Å²) in [6, 6.07) is 10.6. The fraction of sp³-hybridized carbons (Fsp3) is 0.438. The van der Waals surface area contributed by atoms with E-state index in [-0.39, 0.29) is 0 Å². The molecule has 0 atom stereocenters. The maximum absolute atomic E-state index is 5.31. The molecule has 1 aromatic heterocycles. The van der Waals surface area contributed by atoms with Gasteiger partial charge < -0.3 is 10.1 Å². The van der Waals surface area contributed by atoms with Crippen LogP contribution in [0.3, 0.4) is 0 Å². The second-order valence-electron chi connectivity index (χ2n) is 4.71. The molecule has 1 N–H and O–H groups in total. The van der Waals surface area contributed by atoms with Gasteiger partial charge in [-0.2, -0.15) is 0 Å². The summed E-state index contributed by atoms with van der Waals surface area (Å²) < 4.78 is 5.31. The normalized spacial score (nSPS) is 11.1. The summed E-state index contributed by atoms with van der Waals surface area (Å²) in [6.45, 7) is 7.58. The van der Waals surface area contributed by atoms with E-state index >= 15 is 0 Å². The third-order valence-corrected chi connectivity index (χ3v) is 3.07. The Morgan fingerprint density at radius 2 is 2.11 bits per heavy atom. The van der Waals surface area contributed by atoms with Gasteiger partial charge in [0.15, 0.2) is 0 Å². The van der Waals surface area contributed by atoms with Crippen LogP contribution in [-0.2, 0) is 11.3 Å². The quantitative estimate of drug-likeness (QED) is 0.775. The number of fused-ring (bicyclic) bond motifs is 1. The van der Waals surface area contributed by atoms with Crippen molar-refractivity contribution >= 4 is 10.9 Å². The van der Waals surface area contributed by atoms with Gasteiger partial charge in [-0.25, -0.2) is 0 Å². The van der Waals surface area contributed by atoms with E-state index in [0.29, 0.717) is 0 Å². The van der Waals surface area contributed by atoms with Gasteiger partial charge >= 0.3 is 0 Å². The third-order valence-electron chi connectivity index (χ3n) is 3.07. The fourth-order valence-electron chi connectivity index (χ4n) is 2.06. The van der Waals surface area contributed by atoms with Gasteiger partial charge in [-0.05, 0) is 50.6 Å². The Morgan fingerprint density at radius 1 is 1.21 bits per heavy atom. The Labute approximate surface area is 115 Å². The van der Waals surface area contributed by atoms with Crippen LogP contribution in [0.2, 0.25) is 0 Å². The maximum atomic E-state index is 5.31. The first-order chi connectivity index (χ1) is 9.29. The molecule has 0 aliphatic rings. The fourth-order valence-corrected chi connectivity index (χ4v) is 2.06. The van der Waals surface area contributed by atoms with Gasteiger partial charge in [0.1, 0.15) is 0 Å². The predicted molar refractivity (Wildman–Crippen MR) is 79.3 cm³/mol. The number of aromatic nitrogens is 1.